The van der Waals surface area contributed by atoms with Crippen LogP contribution in [0.3, 0.4) is 0 Å². The number of alkyl halides is 3. The van der Waals surface area contributed by atoms with Gasteiger partial charge in [0.2, 0.25) is 11.8 Å². The van der Waals surface area contributed by atoms with Crippen molar-refractivity contribution in [1.29, 1.82) is 0 Å². The number of para-hydroxylation sites is 1. The Morgan fingerprint density at radius 3 is 2.68 bits per heavy atom. The van der Waals surface area contributed by atoms with Crippen LogP contribution >= 0.6 is 11.6 Å². The van der Waals surface area contributed by atoms with Crippen molar-refractivity contribution in [1.82, 2.24) is 15.1 Å². The van der Waals surface area contributed by atoms with Crippen LogP contribution < -0.4 is 15.4 Å². The number of hydrogen-bond acceptors (Lipinski definition) is 4. The summed E-state index contributed by atoms with van der Waals surface area (Å²) >= 11 is 6.36. The molecule has 1 aliphatic rings. The Bertz CT molecular complexity index is 1230. The minimum atomic E-state index is -4.47. The maximum atomic E-state index is 12.8. The standard InChI is InChI=1S/C23H20ClF3N4O3/c1-13-16(11-28-21(13)32)22(33)29-20-10-19(31(30-20)18-8-3-2-7-17(18)24)14-5-4-6-15(9-14)34-12-23(25,26)27/h2-10,13,16H,11-12H2,1H3,(H,28,32)(H,29,30,33)/t13-,16+/m1/s1. The summed E-state index contributed by atoms with van der Waals surface area (Å²) in [6, 6.07) is 14.6. The van der Waals surface area contributed by atoms with E-state index < -0.39 is 24.6 Å². The molecule has 1 fully saturated rings. The molecule has 178 valence electrons. The minimum Gasteiger partial charge on any atom is -0.484 e. The Morgan fingerprint density at radius 1 is 1.24 bits per heavy atom. The number of carbonyl (C=O) groups is 2. The predicted molar refractivity (Wildman–Crippen MR) is 120 cm³/mol. The van der Waals surface area contributed by atoms with Gasteiger partial charge in [0.15, 0.2) is 12.4 Å². The molecule has 0 saturated carbocycles. The monoisotopic (exact) mass is 492 g/mol. The largest absolute Gasteiger partial charge is 0.484 e. The molecule has 4 rings (SSSR count). The first kappa shape index (κ1) is 23.6. The molecule has 2 aromatic carbocycles. The molecule has 2 amide bonds. The van der Waals surface area contributed by atoms with Crippen molar-refractivity contribution < 1.29 is 27.5 Å². The molecule has 0 aliphatic carbocycles. The molecule has 2 heterocycles. The van der Waals surface area contributed by atoms with Crippen molar-refractivity contribution in [3.05, 3.63) is 59.6 Å². The SMILES string of the molecule is C[C@H]1C(=O)NC[C@@H]1C(=O)Nc1cc(-c2cccc(OCC(F)(F)F)c2)n(-c2ccccc2Cl)n1. The normalized spacial score (nSPS) is 18.0. The number of anilines is 1. The van der Waals surface area contributed by atoms with Gasteiger partial charge in [0.25, 0.3) is 0 Å². The Labute approximate surface area is 197 Å². The second kappa shape index (κ2) is 9.38. The van der Waals surface area contributed by atoms with Gasteiger partial charge in [-0.2, -0.15) is 13.2 Å². The van der Waals surface area contributed by atoms with Crippen LogP contribution in [-0.2, 0) is 9.59 Å². The predicted octanol–water partition coefficient (Wildman–Crippen LogP) is 4.45. The highest BCUT2D eigenvalue weighted by atomic mass is 35.5. The fourth-order valence-corrected chi connectivity index (χ4v) is 3.85. The third-order valence-corrected chi connectivity index (χ3v) is 5.74. The molecule has 1 saturated heterocycles. The number of ether oxygens (including phenoxy) is 1. The second-order valence-electron chi connectivity index (χ2n) is 7.84. The van der Waals surface area contributed by atoms with Gasteiger partial charge in [-0.1, -0.05) is 42.8 Å². The lowest BCUT2D eigenvalue weighted by Gasteiger charge is -2.12. The molecule has 11 heteroatoms. The third-order valence-electron chi connectivity index (χ3n) is 5.42. The summed E-state index contributed by atoms with van der Waals surface area (Å²) in [6.45, 7) is 0.475. The van der Waals surface area contributed by atoms with Crippen LogP contribution in [0.2, 0.25) is 5.02 Å². The van der Waals surface area contributed by atoms with Gasteiger partial charge in [0.05, 0.1) is 22.3 Å². The zero-order valence-electron chi connectivity index (χ0n) is 17.9. The number of aromatic nitrogens is 2. The van der Waals surface area contributed by atoms with Gasteiger partial charge in [-0.25, -0.2) is 4.68 Å². The molecule has 3 aromatic rings. The van der Waals surface area contributed by atoms with Crippen LogP contribution in [0.4, 0.5) is 19.0 Å². The number of rotatable bonds is 6. The van der Waals surface area contributed by atoms with Gasteiger partial charge in [-0.15, -0.1) is 5.10 Å². The number of halogens is 4. The van der Waals surface area contributed by atoms with Gasteiger partial charge in [0, 0.05) is 24.1 Å². The van der Waals surface area contributed by atoms with Crippen molar-refractivity contribution in [3.63, 3.8) is 0 Å². The van der Waals surface area contributed by atoms with Crippen LogP contribution in [0.1, 0.15) is 6.92 Å². The van der Waals surface area contributed by atoms with E-state index in [4.69, 9.17) is 16.3 Å². The van der Waals surface area contributed by atoms with E-state index in [1.165, 1.54) is 16.8 Å². The van der Waals surface area contributed by atoms with Crippen LogP contribution in [-0.4, -0.2) is 40.9 Å². The van der Waals surface area contributed by atoms with Crippen LogP contribution in [0, 0.1) is 11.8 Å². The summed E-state index contributed by atoms with van der Waals surface area (Å²) in [7, 11) is 0. The first-order chi connectivity index (χ1) is 16.1. The molecule has 1 aliphatic heterocycles. The van der Waals surface area contributed by atoms with Crippen molar-refractivity contribution in [2.45, 2.75) is 13.1 Å². The highest BCUT2D eigenvalue weighted by molar-refractivity contribution is 6.32. The Balaban J connectivity index is 1.69. The lowest BCUT2D eigenvalue weighted by molar-refractivity contribution is -0.153. The third kappa shape index (κ3) is 5.17. The number of amides is 2. The van der Waals surface area contributed by atoms with E-state index in [9.17, 15) is 22.8 Å². The first-order valence-electron chi connectivity index (χ1n) is 10.4. The number of nitrogens with one attached hydrogen (secondary N) is 2. The topological polar surface area (TPSA) is 85.3 Å². The van der Waals surface area contributed by atoms with E-state index in [1.54, 1.807) is 49.4 Å². The Hall–Kier alpha value is -3.53. The zero-order chi connectivity index (χ0) is 24.5. The summed E-state index contributed by atoms with van der Waals surface area (Å²) in [5.41, 5.74) is 1.47. The van der Waals surface area contributed by atoms with E-state index >= 15 is 0 Å². The highest BCUT2D eigenvalue weighted by Crippen LogP contribution is 2.32. The summed E-state index contributed by atoms with van der Waals surface area (Å²) < 4.78 is 44.1. The molecule has 2 N–H and O–H groups in total. The molecule has 34 heavy (non-hydrogen) atoms. The van der Waals surface area contributed by atoms with Crippen molar-refractivity contribution >= 4 is 29.2 Å². The van der Waals surface area contributed by atoms with Gasteiger partial charge >= 0.3 is 6.18 Å². The van der Waals surface area contributed by atoms with Gasteiger partial charge in [-0.05, 0) is 24.3 Å². The molecule has 7 nitrogen and oxygen atoms in total. The molecule has 0 spiro atoms. The number of benzene rings is 2. The molecule has 0 unspecified atom stereocenters. The fourth-order valence-electron chi connectivity index (χ4n) is 3.64. The van der Waals surface area contributed by atoms with Crippen molar-refractivity contribution in [3.8, 4) is 22.7 Å². The lowest BCUT2D eigenvalue weighted by atomic mass is 9.97. The van der Waals surface area contributed by atoms with Crippen LogP contribution in [0.5, 0.6) is 5.75 Å². The quantitative estimate of drug-likeness (QED) is 0.532. The zero-order valence-corrected chi connectivity index (χ0v) is 18.7. The van der Waals surface area contributed by atoms with Gasteiger partial charge < -0.3 is 15.4 Å². The van der Waals surface area contributed by atoms with Crippen molar-refractivity contribution in [2.24, 2.45) is 11.8 Å². The molecule has 2 atom stereocenters. The van der Waals surface area contributed by atoms with Crippen molar-refractivity contribution in [2.75, 3.05) is 18.5 Å². The molecule has 0 radical (unpaired) electrons. The van der Waals surface area contributed by atoms with E-state index in [1.807, 2.05) is 0 Å². The summed E-state index contributed by atoms with van der Waals surface area (Å²) in [5.74, 6) is -1.38. The molecular formula is C23H20ClF3N4O3. The van der Waals surface area contributed by atoms with E-state index in [0.717, 1.165) is 0 Å². The average molecular weight is 493 g/mol. The maximum absolute atomic E-state index is 12.8. The van der Waals surface area contributed by atoms with Crippen LogP contribution in [0.25, 0.3) is 16.9 Å². The second-order valence-corrected chi connectivity index (χ2v) is 8.25. The van der Waals surface area contributed by atoms with Crippen LogP contribution in [0.15, 0.2) is 54.6 Å². The number of hydrogen-bond donors (Lipinski definition) is 2. The smallest absolute Gasteiger partial charge is 0.422 e. The minimum absolute atomic E-state index is 0.0247. The first-order valence-corrected chi connectivity index (χ1v) is 10.7. The summed E-state index contributed by atoms with van der Waals surface area (Å²) in [5, 5.41) is 10.2. The highest BCUT2D eigenvalue weighted by Gasteiger charge is 2.36. The van der Waals surface area contributed by atoms with Gasteiger partial charge in [0.1, 0.15) is 5.75 Å². The summed E-state index contributed by atoms with van der Waals surface area (Å²) in [6.07, 6.45) is -4.47. The lowest BCUT2D eigenvalue weighted by Crippen LogP contribution is -2.28. The Morgan fingerprint density at radius 2 is 2.00 bits per heavy atom. The van der Waals surface area contributed by atoms with E-state index in [0.29, 0.717) is 22.0 Å². The fraction of sp³-hybridized carbons (Fsp3) is 0.261. The Kier molecular flexibility index (Phi) is 6.52. The number of nitrogens with zero attached hydrogens (tertiary/aromatic N) is 2. The summed E-state index contributed by atoms with van der Waals surface area (Å²) in [4.78, 5) is 24.5. The van der Waals surface area contributed by atoms with E-state index in [2.05, 4.69) is 15.7 Å². The molecule has 1 aromatic heterocycles. The molecular weight excluding hydrogens is 473 g/mol. The average Bonchev–Trinajstić information content (AvgIpc) is 3.35. The number of carbonyl (C=O) groups excluding carboxylic acids is 2. The van der Waals surface area contributed by atoms with Gasteiger partial charge in [-0.3, -0.25) is 9.59 Å². The van der Waals surface area contributed by atoms with E-state index in [-0.39, 0.29) is 29.9 Å². The maximum Gasteiger partial charge on any atom is 0.422 e. The molecule has 0 bridgehead atoms.